The third-order valence-corrected chi connectivity index (χ3v) is 4.23. The number of carbonyl (C=O) groups excluding carboxylic acids is 1. The molecule has 0 fully saturated rings. The van der Waals surface area contributed by atoms with Gasteiger partial charge in [0.05, 0.1) is 0 Å². The van der Waals surface area contributed by atoms with Gasteiger partial charge in [0.1, 0.15) is 6.04 Å². The maximum absolute atomic E-state index is 12.4. The van der Waals surface area contributed by atoms with E-state index in [0.717, 1.165) is 23.3 Å². The second-order valence-electron chi connectivity index (χ2n) is 4.99. The molecule has 0 unspecified atom stereocenters. The van der Waals surface area contributed by atoms with Gasteiger partial charge in [-0.25, -0.2) is 4.79 Å². The van der Waals surface area contributed by atoms with E-state index >= 15 is 0 Å². The number of aliphatic carboxylic acids is 1. The zero-order valence-electron chi connectivity index (χ0n) is 12.0. The number of nitrogens with one attached hydrogen (secondary N) is 1. The van der Waals surface area contributed by atoms with Crippen LogP contribution in [0.4, 0.5) is 0 Å². The molecule has 1 aliphatic carbocycles. The number of carbonyl (C=O) groups is 2. The molecule has 1 aromatic rings. The highest BCUT2D eigenvalue weighted by Gasteiger charge is 2.22. The molecule has 2 rings (SSSR count). The molecule has 1 atom stereocenters. The Balaban J connectivity index is 2.08. The van der Waals surface area contributed by atoms with Crippen molar-refractivity contribution in [2.45, 2.75) is 25.3 Å². The average Bonchev–Trinajstić information content (AvgIpc) is 2.49. The number of fused-ring (bicyclic) bond motifs is 1. The SMILES string of the molecule is CSCC[C@H](N/C=C1/CCc2ccccc2C1=O)C(=O)O. The minimum Gasteiger partial charge on any atom is -0.480 e. The zero-order valence-corrected chi connectivity index (χ0v) is 12.8. The number of aryl methyl sites for hydroxylation is 1. The number of hydrogen-bond acceptors (Lipinski definition) is 4. The van der Waals surface area contributed by atoms with Gasteiger partial charge in [-0.05, 0) is 36.8 Å². The maximum atomic E-state index is 12.4. The standard InChI is InChI=1S/C16H19NO3S/c1-21-9-8-14(16(19)20)17-10-12-7-6-11-4-2-3-5-13(11)15(12)18/h2-5,10,14,17H,6-9H2,1H3,(H,19,20)/b12-10-/t14-/m0/s1. The summed E-state index contributed by atoms with van der Waals surface area (Å²) in [7, 11) is 0. The van der Waals surface area contributed by atoms with Crippen LogP contribution < -0.4 is 5.32 Å². The molecule has 1 aromatic carbocycles. The molecule has 4 nitrogen and oxygen atoms in total. The predicted molar refractivity (Wildman–Crippen MR) is 84.7 cm³/mol. The number of hydrogen-bond donors (Lipinski definition) is 2. The molecule has 21 heavy (non-hydrogen) atoms. The van der Waals surface area contributed by atoms with E-state index in [2.05, 4.69) is 5.32 Å². The maximum Gasteiger partial charge on any atom is 0.326 e. The molecule has 0 heterocycles. The molecule has 112 valence electrons. The van der Waals surface area contributed by atoms with Crippen molar-refractivity contribution in [2.75, 3.05) is 12.0 Å². The zero-order chi connectivity index (χ0) is 15.2. The smallest absolute Gasteiger partial charge is 0.326 e. The van der Waals surface area contributed by atoms with Gasteiger partial charge in [-0.15, -0.1) is 0 Å². The molecule has 2 N–H and O–H groups in total. The van der Waals surface area contributed by atoms with Crippen LogP contribution in [0.1, 0.15) is 28.8 Å². The van der Waals surface area contributed by atoms with Crippen molar-refractivity contribution >= 4 is 23.5 Å². The van der Waals surface area contributed by atoms with Gasteiger partial charge in [-0.1, -0.05) is 24.3 Å². The first kappa shape index (κ1) is 15.6. The minimum absolute atomic E-state index is 0.00152. The fourth-order valence-corrected chi connectivity index (χ4v) is 2.84. The van der Waals surface area contributed by atoms with E-state index < -0.39 is 12.0 Å². The lowest BCUT2D eigenvalue weighted by molar-refractivity contribution is -0.139. The lowest BCUT2D eigenvalue weighted by Crippen LogP contribution is -2.34. The van der Waals surface area contributed by atoms with Gasteiger partial charge in [-0.3, -0.25) is 4.79 Å². The van der Waals surface area contributed by atoms with Gasteiger partial charge in [0.2, 0.25) is 0 Å². The first-order valence-electron chi connectivity index (χ1n) is 6.93. The summed E-state index contributed by atoms with van der Waals surface area (Å²) in [5.74, 6) is -0.118. The van der Waals surface area contributed by atoms with Crippen molar-refractivity contribution < 1.29 is 14.7 Å². The van der Waals surface area contributed by atoms with Gasteiger partial charge in [0, 0.05) is 17.3 Å². The summed E-state index contributed by atoms with van der Waals surface area (Å²) in [5, 5.41) is 12.1. The highest BCUT2D eigenvalue weighted by Crippen LogP contribution is 2.24. The van der Waals surface area contributed by atoms with Crippen molar-refractivity contribution in [3.8, 4) is 0 Å². The van der Waals surface area contributed by atoms with Crippen LogP contribution in [0.25, 0.3) is 0 Å². The van der Waals surface area contributed by atoms with Gasteiger partial charge in [0.15, 0.2) is 5.78 Å². The Hall–Kier alpha value is -1.75. The monoisotopic (exact) mass is 305 g/mol. The van der Waals surface area contributed by atoms with Crippen LogP contribution in [0.2, 0.25) is 0 Å². The van der Waals surface area contributed by atoms with Crippen molar-refractivity contribution in [3.05, 3.63) is 47.2 Å². The van der Waals surface area contributed by atoms with E-state index in [1.54, 1.807) is 18.0 Å². The Labute approximate surface area is 128 Å². The van der Waals surface area contributed by atoms with E-state index in [0.29, 0.717) is 18.4 Å². The number of carboxylic acids is 1. The fraction of sp³-hybridized carbons (Fsp3) is 0.375. The molecule has 0 radical (unpaired) electrons. The van der Waals surface area contributed by atoms with Gasteiger partial charge in [0.25, 0.3) is 0 Å². The molecule has 0 saturated heterocycles. The number of Topliss-reactive ketones (excluding diaryl/α,β-unsaturated/α-hetero) is 1. The van der Waals surface area contributed by atoms with Gasteiger partial charge < -0.3 is 10.4 Å². The molecule has 0 aliphatic heterocycles. The Morgan fingerprint density at radius 3 is 2.90 bits per heavy atom. The highest BCUT2D eigenvalue weighted by atomic mass is 32.2. The van der Waals surface area contributed by atoms with E-state index in [1.165, 1.54) is 0 Å². The largest absolute Gasteiger partial charge is 0.480 e. The molecular weight excluding hydrogens is 286 g/mol. The average molecular weight is 305 g/mol. The first-order valence-corrected chi connectivity index (χ1v) is 8.32. The molecule has 0 saturated carbocycles. The highest BCUT2D eigenvalue weighted by molar-refractivity contribution is 7.98. The summed E-state index contributed by atoms with van der Waals surface area (Å²) in [6, 6.07) is 6.94. The van der Waals surface area contributed by atoms with Crippen LogP contribution in [0, 0.1) is 0 Å². The molecule has 0 spiro atoms. The van der Waals surface area contributed by atoms with Crippen molar-refractivity contribution in [1.29, 1.82) is 0 Å². The van der Waals surface area contributed by atoms with Crippen molar-refractivity contribution in [2.24, 2.45) is 0 Å². The van der Waals surface area contributed by atoms with Gasteiger partial charge in [-0.2, -0.15) is 11.8 Å². The molecular formula is C16H19NO3S. The first-order chi connectivity index (χ1) is 10.1. The summed E-state index contributed by atoms with van der Waals surface area (Å²) < 4.78 is 0. The summed E-state index contributed by atoms with van der Waals surface area (Å²) in [4.78, 5) is 23.5. The van der Waals surface area contributed by atoms with Crippen LogP contribution in [0.5, 0.6) is 0 Å². The fourth-order valence-electron chi connectivity index (χ4n) is 2.37. The molecule has 0 bridgehead atoms. The quantitative estimate of drug-likeness (QED) is 0.791. The molecule has 1 aliphatic rings. The number of carboxylic acid groups (broad SMARTS) is 1. The van der Waals surface area contributed by atoms with Crippen molar-refractivity contribution in [1.82, 2.24) is 5.32 Å². The van der Waals surface area contributed by atoms with Gasteiger partial charge >= 0.3 is 5.97 Å². The number of ketones is 1. The van der Waals surface area contributed by atoms with Crippen LogP contribution in [-0.2, 0) is 11.2 Å². The lowest BCUT2D eigenvalue weighted by atomic mass is 9.87. The normalized spacial score (nSPS) is 17.4. The van der Waals surface area contributed by atoms with Crippen LogP contribution >= 0.6 is 11.8 Å². The molecule has 5 heteroatoms. The third kappa shape index (κ3) is 3.88. The molecule has 0 amide bonds. The summed E-state index contributed by atoms with van der Waals surface area (Å²) in [6.45, 7) is 0. The van der Waals surface area contributed by atoms with E-state index in [1.807, 2.05) is 30.5 Å². The third-order valence-electron chi connectivity index (χ3n) is 3.58. The number of benzene rings is 1. The Morgan fingerprint density at radius 2 is 2.19 bits per heavy atom. The summed E-state index contributed by atoms with van der Waals surface area (Å²) >= 11 is 1.61. The number of rotatable bonds is 6. The van der Waals surface area contributed by atoms with E-state index in [-0.39, 0.29) is 5.78 Å². The number of allylic oxidation sites excluding steroid dienone is 1. The lowest BCUT2D eigenvalue weighted by Gasteiger charge is -2.18. The topological polar surface area (TPSA) is 66.4 Å². The number of thioether (sulfide) groups is 1. The predicted octanol–water partition coefficient (Wildman–Crippen LogP) is 2.50. The summed E-state index contributed by atoms with van der Waals surface area (Å²) in [6.07, 6.45) is 5.54. The second kappa shape index (κ2) is 7.31. The minimum atomic E-state index is -0.885. The van der Waals surface area contributed by atoms with Crippen molar-refractivity contribution in [3.63, 3.8) is 0 Å². The summed E-state index contributed by atoms with van der Waals surface area (Å²) in [5.41, 5.74) is 2.45. The second-order valence-corrected chi connectivity index (χ2v) is 5.98. The van der Waals surface area contributed by atoms with Crippen LogP contribution in [-0.4, -0.2) is 34.9 Å². The van der Waals surface area contributed by atoms with E-state index in [4.69, 9.17) is 5.11 Å². The van der Waals surface area contributed by atoms with Crippen LogP contribution in [0.15, 0.2) is 36.0 Å². The van der Waals surface area contributed by atoms with E-state index in [9.17, 15) is 9.59 Å². The molecule has 0 aromatic heterocycles. The van der Waals surface area contributed by atoms with Crippen LogP contribution in [0.3, 0.4) is 0 Å². The Morgan fingerprint density at radius 1 is 1.43 bits per heavy atom. The Bertz CT molecular complexity index is 568. The Kier molecular flexibility index (Phi) is 5.44.